The van der Waals surface area contributed by atoms with Crippen molar-refractivity contribution in [2.75, 3.05) is 5.32 Å². The summed E-state index contributed by atoms with van der Waals surface area (Å²) in [6.45, 7) is 0.406. The molecule has 0 aliphatic carbocycles. The fourth-order valence-electron chi connectivity index (χ4n) is 1.64. The van der Waals surface area contributed by atoms with Gasteiger partial charge in [0.15, 0.2) is 0 Å². The van der Waals surface area contributed by atoms with Gasteiger partial charge in [-0.3, -0.25) is 10.1 Å². The van der Waals surface area contributed by atoms with Gasteiger partial charge in [-0.05, 0) is 11.6 Å². The van der Waals surface area contributed by atoms with E-state index in [1.807, 2.05) is 30.3 Å². The lowest BCUT2D eigenvalue weighted by Gasteiger charge is -2.06. The number of hydrogen-bond donors (Lipinski definition) is 1. The molecule has 2 rings (SSSR count). The lowest BCUT2D eigenvalue weighted by molar-refractivity contribution is -0.384. The molecule has 0 unspecified atom stereocenters. The second-order valence-electron chi connectivity index (χ2n) is 3.76. The van der Waals surface area contributed by atoms with Gasteiger partial charge in [-0.25, -0.2) is 4.98 Å². The van der Waals surface area contributed by atoms with Gasteiger partial charge in [0.05, 0.1) is 4.92 Å². The quantitative estimate of drug-likeness (QED) is 0.668. The van der Waals surface area contributed by atoms with Crippen molar-refractivity contribution < 1.29 is 4.92 Å². The second-order valence-corrected chi connectivity index (χ2v) is 3.76. The van der Waals surface area contributed by atoms with E-state index >= 15 is 0 Å². The van der Waals surface area contributed by atoms with Gasteiger partial charge in [0.1, 0.15) is 11.6 Å². The Bertz CT molecular complexity index is 635. The molecule has 94 valence electrons. The maximum atomic E-state index is 11.0. The highest BCUT2D eigenvalue weighted by Crippen LogP contribution is 2.25. The number of nitrogens with zero attached hydrogens (tertiary/aromatic N) is 3. The molecule has 0 spiro atoms. The number of rotatable bonds is 4. The van der Waals surface area contributed by atoms with Gasteiger partial charge in [-0.15, -0.1) is 0 Å². The first-order valence-corrected chi connectivity index (χ1v) is 5.53. The summed E-state index contributed by atoms with van der Waals surface area (Å²) in [6.07, 6.45) is 1.37. The van der Waals surface area contributed by atoms with Crippen LogP contribution in [-0.2, 0) is 6.54 Å². The molecule has 6 nitrogen and oxygen atoms in total. The Kier molecular flexibility index (Phi) is 3.69. The first-order chi connectivity index (χ1) is 9.22. The average Bonchev–Trinajstić information content (AvgIpc) is 2.45. The summed E-state index contributed by atoms with van der Waals surface area (Å²) in [5.41, 5.74) is 0.678. The largest absolute Gasteiger partial charge is 0.360 e. The maximum absolute atomic E-state index is 11.0. The minimum absolute atomic E-state index is 0.00411. The van der Waals surface area contributed by atoms with E-state index in [2.05, 4.69) is 10.3 Å². The third-order valence-corrected chi connectivity index (χ3v) is 2.53. The molecule has 1 aromatic heterocycles. The van der Waals surface area contributed by atoms with Crippen LogP contribution in [0.4, 0.5) is 11.5 Å². The summed E-state index contributed by atoms with van der Waals surface area (Å²) < 4.78 is 0. The van der Waals surface area contributed by atoms with Crippen LogP contribution in [0.25, 0.3) is 0 Å². The molecule has 0 fully saturated rings. The molecular weight excluding hydrogens is 244 g/mol. The number of hydrogen-bond acceptors (Lipinski definition) is 5. The Hall–Kier alpha value is -2.94. The van der Waals surface area contributed by atoms with Crippen LogP contribution in [0.3, 0.4) is 0 Å². The van der Waals surface area contributed by atoms with Gasteiger partial charge < -0.3 is 5.32 Å². The number of anilines is 1. The van der Waals surface area contributed by atoms with Crippen LogP contribution < -0.4 is 5.32 Å². The van der Waals surface area contributed by atoms with Crippen molar-refractivity contribution in [2.45, 2.75) is 6.54 Å². The second kappa shape index (κ2) is 5.60. The van der Waals surface area contributed by atoms with Gasteiger partial charge >= 0.3 is 5.69 Å². The zero-order valence-corrected chi connectivity index (χ0v) is 9.91. The van der Waals surface area contributed by atoms with E-state index in [1.54, 1.807) is 6.07 Å². The van der Waals surface area contributed by atoms with Crippen LogP contribution in [0.1, 0.15) is 11.1 Å². The van der Waals surface area contributed by atoms with Crippen LogP contribution in [0, 0.1) is 21.4 Å². The molecular formula is C13H10N4O2. The Balaban J connectivity index is 2.26. The highest BCUT2D eigenvalue weighted by molar-refractivity contribution is 5.64. The summed E-state index contributed by atoms with van der Waals surface area (Å²) in [5.74, 6) is 0.105. The van der Waals surface area contributed by atoms with Crippen LogP contribution in [-0.4, -0.2) is 9.91 Å². The Labute approximate surface area is 109 Å². The summed E-state index contributed by atoms with van der Waals surface area (Å²) in [4.78, 5) is 14.3. The number of benzene rings is 1. The van der Waals surface area contributed by atoms with E-state index in [0.717, 1.165) is 5.56 Å². The number of nitro groups is 1. The molecule has 0 saturated heterocycles. The summed E-state index contributed by atoms with van der Waals surface area (Å²) in [5, 5.41) is 22.7. The summed E-state index contributed by atoms with van der Waals surface area (Å²) in [7, 11) is 0. The molecule has 1 aromatic carbocycles. The van der Waals surface area contributed by atoms with Gasteiger partial charge in [-0.2, -0.15) is 5.26 Å². The van der Waals surface area contributed by atoms with Crippen molar-refractivity contribution >= 4 is 11.5 Å². The van der Waals surface area contributed by atoms with Crippen LogP contribution in [0.15, 0.2) is 42.6 Å². The van der Waals surface area contributed by atoms with Crippen molar-refractivity contribution in [1.29, 1.82) is 5.26 Å². The van der Waals surface area contributed by atoms with Crippen LogP contribution in [0.5, 0.6) is 0 Å². The zero-order chi connectivity index (χ0) is 13.7. The molecule has 0 atom stereocenters. The van der Waals surface area contributed by atoms with E-state index in [1.165, 1.54) is 12.3 Å². The fraction of sp³-hybridized carbons (Fsp3) is 0.0769. The van der Waals surface area contributed by atoms with Crippen LogP contribution >= 0.6 is 0 Å². The smallest absolute Gasteiger partial charge is 0.328 e. The van der Waals surface area contributed by atoms with Crippen LogP contribution in [0.2, 0.25) is 0 Å². The predicted octanol–water partition coefficient (Wildman–Crippen LogP) is 2.47. The molecule has 0 radical (unpaired) electrons. The Morgan fingerprint density at radius 1 is 1.32 bits per heavy atom. The van der Waals surface area contributed by atoms with Gasteiger partial charge in [0.2, 0.25) is 5.82 Å². The Morgan fingerprint density at radius 3 is 2.68 bits per heavy atom. The minimum Gasteiger partial charge on any atom is -0.360 e. The van der Waals surface area contributed by atoms with Crippen molar-refractivity contribution in [2.24, 2.45) is 0 Å². The molecule has 0 aliphatic rings. The lowest BCUT2D eigenvalue weighted by Crippen LogP contribution is -2.05. The highest BCUT2D eigenvalue weighted by Gasteiger charge is 2.20. The van der Waals surface area contributed by atoms with E-state index in [-0.39, 0.29) is 17.1 Å². The first kappa shape index (κ1) is 12.5. The number of nitrogens with one attached hydrogen (secondary N) is 1. The number of nitriles is 1. The number of pyridine rings is 1. The van der Waals surface area contributed by atoms with Crippen molar-refractivity contribution in [3.05, 3.63) is 63.8 Å². The van der Waals surface area contributed by atoms with Gasteiger partial charge in [-0.1, -0.05) is 30.3 Å². The molecule has 19 heavy (non-hydrogen) atoms. The first-order valence-electron chi connectivity index (χ1n) is 5.53. The van der Waals surface area contributed by atoms with E-state index in [0.29, 0.717) is 6.54 Å². The molecule has 1 N–H and O–H groups in total. The summed E-state index contributed by atoms with van der Waals surface area (Å²) >= 11 is 0. The normalized spacial score (nSPS) is 9.63. The van der Waals surface area contributed by atoms with Crippen molar-refractivity contribution in [3.63, 3.8) is 0 Å². The SMILES string of the molecule is N#Cc1ccnc(NCc2ccccc2)c1[N+](=O)[O-]. The standard InChI is InChI=1S/C13H10N4O2/c14-8-11-6-7-15-13(12(11)17(18)19)16-9-10-4-2-1-3-5-10/h1-7H,9H2,(H,15,16). The van der Waals surface area contributed by atoms with Gasteiger partial charge in [0, 0.05) is 12.7 Å². The fourth-order valence-corrected chi connectivity index (χ4v) is 1.64. The summed E-state index contributed by atoms with van der Waals surface area (Å²) in [6, 6.07) is 12.6. The van der Waals surface area contributed by atoms with E-state index in [4.69, 9.17) is 5.26 Å². The third-order valence-electron chi connectivity index (χ3n) is 2.53. The lowest BCUT2D eigenvalue weighted by atomic mass is 10.2. The highest BCUT2D eigenvalue weighted by atomic mass is 16.6. The topological polar surface area (TPSA) is 91.8 Å². The molecule has 0 saturated carbocycles. The minimum atomic E-state index is -0.598. The predicted molar refractivity (Wildman–Crippen MR) is 69.4 cm³/mol. The Morgan fingerprint density at radius 2 is 2.05 bits per heavy atom. The molecule has 1 heterocycles. The third kappa shape index (κ3) is 2.84. The van der Waals surface area contributed by atoms with Gasteiger partial charge in [0.25, 0.3) is 0 Å². The molecule has 0 bridgehead atoms. The van der Waals surface area contributed by atoms with Crippen molar-refractivity contribution in [1.82, 2.24) is 4.98 Å². The zero-order valence-electron chi connectivity index (χ0n) is 9.91. The molecule has 2 aromatic rings. The molecule has 6 heteroatoms. The van der Waals surface area contributed by atoms with E-state index in [9.17, 15) is 10.1 Å². The monoisotopic (exact) mass is 254 g/mol. The number of aromatic nitrogens is 1. The maximum Gasteiger partial charge on any atom is 0.328 e. The molecule has 0 amide bonds. The van der Waals surface area contributed by atoms with E-state index < -0.39 is 4.92 Å². The molecule has 0 aliphatic heterocycles. The van der Waals surface area contributed by atoms with Crippen molar-refractivity contribution in [3.8, 4) is 6.07 Å². The average molecular weight is 254 g/mol.